The zero-order chi connectivity index (χ0) is 14.0. The third-order valence-electron chi connectivity index (χ3n) is 1.87. The molecule has 0 N–H and O–H groups in total. The molecule has 100 valence electrons. The molecule has 0 aliphatic rings. The first kappa shape index (κ1) is 15.2. The normalized spacial score (nSPS) is 14.9. The molecule has 0 aromatic heterocycles. The van der Waals surface area contributed by atoms with Crippen molar-refractivity contribution in [2.45, 2.75) is 11.9 Å². The Labute approximate surface area is 111 Å². The van der Waals surface area contributed by atoms with Crippen LogP contribution in [-0.2, 0) is 20.3 Å². The zero-order valence-electron chi connectivity index (χ0n) is 9.20. The fraction of sp³-hybridized carbons (Fsp3) is 0.300. The number of carbonyl (C=O) groups is 1. The van der Waals surface area contributed by atoms with E-state index in [2.05, 4.69) is 20.3 Å². The summed E-state index contributed by atoms with van der Waals surface area (Å²) in [5.41, 5.74) is 0.546. The van der Waals surface area contributed by atoms with E-state index in [9.17, 15) is 22.2 Å². The van der Waals surface area contributed by atoms with Crippen LogP contribution in [-0.4, -0.2) is 22.5 Å². The minimum absolute atomic E-state index is 0.206. The van der Waals surface area contributed by atoms with E-state index >= 15 is 0 Å². The van der Waals surface area contributed by atoms with Crippen molar-refractivity contribution in [2.75, 3.05) is 6.26 Å². The van der Waals surface area contributed by atoms with Gasteiger partial charge in [0, 0.05) is 10.7 Å². The van der Waals surface area contributed by atoms with Crippen molar-refractivity contribution in [1.29, 1.82) is 0 Å². The number of rotatable bonds is 2. The molecule has 8 heteroatoms. The molecule has 0 fully saturated rings. The predicted molar refractivity (Wildman–Crippen MR) is 65.4 cm³/mol. The van der Waals surface area contributed by atoms with Gasteiger partial charge in [-0.3, -0.25) is 4.79 Å². The summed E-state index contributed by atoms with van der Waals surface area (Å²) in [7, 11) is -3.24. The van der Waals surface area contributed by atoms with Gasteiger partial charge in [-0.1, -0.05) is 28.1 Å². The third-order valence-corrected chi connectivity index (χ3v) is 3.82. The number of alkyl halides is 3. The average Bonchev–Trinajstić information content (AvgIpc) is 2.19. The predicted octanol–water partition coefficient (Wildman–Crippen LogP) is 3.14. The molecular weight excluding hydrogens is 335 g/mol. The number of hydrogen-bond donors (Lipinski definition) is 0. The highest BCUT2D eigenvalue weighted by Gasteiger charge is 2.39. The molecule has 1 amide bonds. The molecule has 1 rings (SSSR count). The van der Waals surface area contributed by atoms with E-state index < -0.39 is 21.8 Å². The van der Waals surface area contributed by atoms with Gasteiger partial charge < -0.3 is 0 Å². The lowest BCUT2D eigenvalue weighted by Crippen LogP contribution is -2.22. The van der Waals surface area contributed by atoms with Crippen LogP contribution in [0.3, 0.4) is 0 Å². The van der Waals surface area contributed by atoms with Crippen molar-refractivity contribution < 1.29 is 22.2 Å². The molecule has 18 heavy (non-hydrogen) atoms. The molecule has 1 aromatic rings. The molecule has 0 saturated heterocycles. The van der Waals surface area contributed by atoms with Gasteiger partial charge in [0.15, 0.2) is 0 Å². The summed E-state index contributed by atoms with van der Waals surface area (Å²) in [6, 6.07) is 6.52. The maximum absolute atomic E-state index is 12.0. The first-order valence-electron chi connectivity index (χ1n) is 4.65. The first-order chi connectivity index (χ1) is 8.10. The number of benzene rings is 1. The molecule has 0 spiro atoms. The third kappa shape index (κ3) is 4.77. The second-order valence-electron chi connectivity index (χ2n) is 3.62. The van der Waals surface area contributed by atoms with E-state index in [1.165, 1.54) is 0 Å². The van der Waals surface area contributed by atoms with Gasteiger partial charge in [-0.2, -0.15) is 17.5 Å². The van der Waals surface area contributed by atoms with E-state index in [1.54, 1.807) is 24.3 Å². The Bertz CT molecular complexity index is 559. The Balaban J connectivity index is 2.95. The maximum atomic E-state index is 12.0. The smallest absolute Gasteiger partial charge is 0.261 e. The van der Waals surface area contributed by atoms with Crippen LogP contribution in [0.1, 0.15) is 5.56 Å². The van der Waals surface area contributed by atoms with Gasteiger partial charge in [-0.05, 0) is 17.7 Å². The summed E-state index contributed by atoms with van der Waals surface area (Å²) in [4.78, 5) is 10.6. The molecule has 0 heterocycles. The van der Waals surface area contributed by atoms with Crippen LogP contribution >= 0.6 is 15.9 Å². The second-order valence-corrected chi connectivity index (χ2v) is 6.93. The molecule has 3 nitrogen and oxygen atoms in total. The van der Waals surface area contributed by atoms with Crippen molar-refractivity contribution in [3.05, 3.63) is 34.3 Å². The quantitative estimate of drug-likeness (QED) is 0.828. The zero-order valence-corrected chi connectivity index (χ0v) is 11.6. The van der Waals surface area contributed by atoms with Crippen molar-refractivity contribution in [3.63, 3.8) is 0 Å². The van der Waals surface area contributed by atoms with Crippen molar-refractivity contribution >= 4 is 31.6 Å². The minimum Gasteiger partial charge on any atom is -0.261 e. The van der Waals surface area contributed by atoms with Crippen molar-refractivity contribution in [2.24, 2.45) is 4.36 Å². The summed E-state index contributed by atoms with van der Waals surface area (Å²) in [6.45, 7) is 0. The van der Waals surface area contributed by atoms with Crippen LogP contribution in [0.2, 0.25) is 0 Å². The molecule has 0 saturated carbocycles. The van der Waals surface area contributed by atoms with Crippen LogP contribution in [0.25, 0.3) is 0 Å². The van der Waals surface area contributed by atoms with Gasteiger partial charge in [0.2, 0.25) is 0 Å². The molecule has 0 radical (unpaired) electrons. The van der Waals surface area contributed by atoms with E-state index in [-0.39, 0.29) is 5.75 Å². The average molecular weight is 344 g/mol. The number of amides is 1. The highest BCUT2D eigenvalue weighted by atomic mass is 79.9. The van der Waals surface area contributed by atoms with E-state index in [0.29, 0.717) is 5.56 Å². The van der Waals surface area contributed by atoms with Gasteiger partial charge in [0.25, 0.3) is 0 Å². The summed E-state index contributed by atoms with van der Waals surface area (Å²) in [5.74, 6) is -2.52. The maximum Gasteiger partial charge on any atom is 0.474 e. The molecule has 1 atom stereocenters. The Kier molecular flexibility index (Phi) is 4.55. The number of nitrogens with zero attached hydrogens (tertiary/aromatic N) is 1. The standard InChI is InChI=1S/C10H9BrF3NO2S/c1-18(17,15-9(16)10(12,13)14)6-7-2-4-8(11)5-3-7/h2-5H,6H2,1H3. The number of hydrogen-bond acceptors (Lipinski definition) is 2. The van der Waals surface area contributed by atoms with Gasteiger partial charge in [-0.25, -0.2) is 4.21 Å². The molecular formula is C10H9BrF3NO2S. The van der Waals surface area contributed by atoms with Crippen molar-refractivity contribution in [1.82, 2.24) is 0 Å². The Morgan fingerprint density at radius 2 is 1.83 bits per heavy atom. The Morgan fingerprint density at radius 1 is 1.33 bits per heavy atom. The van der Waals surface area contributed by atoms with Gasteiger partial charge in [0.05, 0.1) is 15.5 Å². The van der Waals surface area contributed by atoms with E-state index in [1.807, 2.05) is 0 Å². The summed E-state index contributed by atoms with van der Waals surface area (Å²) in [6.07, 6.45) is -4.06. The number of carbonyl (C=O) groups excluding carboxylic acids is 1. The molecule has 0 bridgehead atoms. The summed E-state index contributed by atoms with van der Waals surface area (Å²) in [5, 5.41) is 0. The van der Waals surface area contributed by atoms with Crippen molar-refractivity contribution in [3.8, 4) is 0 Å². The molecule has 0 aliphatic heterocycles. The highest BCUT2D eigenvalue weighted by molar-refractivity contribution is 9.10. The highest BCUT2D eigenvalue weighted by Crippen LogP contribution is 2.19. The fourth-order valence-electron chi connectivity index (χ4n) is 1.15. The molecule has 0 aliphatic carbocycles. The second kappa shape index (κ2) is 5.40. The lowest BCUT2D eigenvalue weighted by atomic mass is 10.2. The topological polar surface area (TPSA) is 46.5 Å². The van der Waals surface area contributed by atoms with Crippen LogP contribution < -0.4 is 0 Å². The minimum atomic E-state index is -5.08. The molecule has 1 unspecified atom stereocenters. The lowest BCUT2D eigenvalue weighted by molar-refractivity contribution is -0.169. The van der Waals surface area contributed by atoms with E-state index in [4.69, 9.17) is 0 Å². The van der Waals surface area contributed by atoms with Gasteiger partial charge in [-0.15, -0.1) is 0 Å². The fourth-order valence-corrected chi connectivity index (χ4v) is 2.74. The van der Waals surface area contributed by atoms with E-state index in [0.717, 1.165) is 10.7 Å². The lowest BCUT2D eigenvalue weighted by Gasteiger charge is -2.05. The van der Waals surface area contributed by atoms with Crippen LogP contribution in [0.15, 0.2) is 33.1 Å². The van der Waals surface area contributed by atoms with Crippen LogP contribution in [0.4, 0.5) is 13.2 Å². The monoisotopic (exact) mass is 343 g/mol. The van der Waals surface area contributed by atoms with Crippen LogP contribution in [0.5, 0.6) is 0 Å². The first-order valence-corrected chi connectivity index (χ1v) is 7.54. The summed E-state index contributed by atoms with van der Waals surface area (Å²) >= 11 is 3.19. The van der Waals surface area contributed by atoms with Gasteiger partial charge in [0.1, 0.15) is 0 Å². The Morgan fingerprint density at radius 3 is 2.28 bits per heavy atom. The molecule has 1 aromatic carbocycles. The van der Waals surface area contributed by atoms with Crippen LogP contribution in [0, 0.1) is 0 Å². The van der Waals surface area contributed by atoms with Gasteiger partial charge >= 0.3 is 12.1 Å². The summed E-state index contributed by atoms with van der Waals surface area (Å²) < 4.78 is 51.3. The SMILES string of the molecule is CS(=O)(Cc1ccc(Br)cc1)=NC(=O)C(F)(F)F. The number of halogens is 4. The Hall–Kier alpha value is -0.890. The largest absolute Gasteiger partial charge is 0.474 e.